The van der Waals surface area contributed by atoms with Crippen LogP contribution in [0.4, 0.5) is 0 Å². The monoisotopic (exact) mass is 201 g/mol. The van der Waals surface area contributed by atoms with Crippen LogP contribution in [0.5, 0.6) is 0 Å². The quantitative estimate of drug-likeness (QED) is 0.367. The molecule has 1 saturated heterocycles. The van der Waals surface area contributed by atoms with E-state index in [9.17, 15) is 19.2 Å². The van der Waals surface area contributed by atoms with Crippen LogP contribution in [-0.4, -0.2) is 39.4 Å². The molecular weight excluding hydrogens is 194 g/mol. The number of carboxylic acids is 2. The second kappa shape index (κ2) is 2.79. The normalized spacial score (nSPS) is 23.2. The van der Waals surface area contributed by atoms with Crippen LogP contribution in [0.3, 0.4) is 0 Å². The SMILES string of the molecule is CC(=O)[C@@H]1C(=O)NC1(C(=O)O)C(=O)O. The van der Waals surface area contributed by atoms with E-state index in [-0.39, 0.29) is 0 Å². The first-order valence-electron chi connectivity index (χ1n) is 3.63. The van der Waals surface area contributed by atoms with E-state index in [0.29, 0.717) is 0 Å². The predicted octanol–water partition coefficient (Wildman–Crippen LogP) is -1.77. The largest absolute Gasteiger partial charge is 0.479 e. The van der Waals surface area contributed by atoms with Crippen molar-refractivity contribution in [2.24, 2.45) is 5.92 Å². The van der Waals surface area contributed by atoms with Crippen LogP contribution in [0.15, 0.2) is 0 Å². The molecule has 0 aliphatic carbocycles. The third-order valence-electron chi connectivity index (χ3n) is 2.10. The van der Waals surface area contributed by atoms with Gasteiger partial charge in [0.2, 0.25) is 5.91 Å². The standard InChI is InChI=1S/C7H7NO6/c1-2(9)3-4(10)8-7(3,5(11)12)6(13)14/h3H,1H3,(H,8,10)(H,11,12)(H,13,14)/t3-/m1/s1. The van der Waals surface area contributed by atoms with E-state index in [1.54, 1.807) is 5.32 Å². The number of rotatable bonds is 3. The summed E-state index contributed by atoms with van der Waals surface area (Å²) >= 11 is 0. The lowest BCUT2D eigenvalue weighted by molar-refractivity contribution is -0.178. The fraction of sp³-hybridized carbons (Fsp3) is 0.429. The predicted molar refractivity (Wildman–Crippen MR) is 40.3 cm³/mol. The van der Waals surface area contributed by atoms with Crippen molar-refractivity contribution in [2.45, 2.75) is 12.5 Å². The lowest BCUT2D eigenvalue weighted by atomic mass is 9.73. The molecule has 1 aliphatic rings. The van der Waals surface area contributed by atoms with Crippen molar-refractivity contribution in [2.75, 3.05) is 0 Å². The number of carbonyl (C=O) groups excluding carboxylic acids is 2. The molecule has 14 heavy (non-hydrogen) atoms. The van der Waals surface area contributed by atoms with Gasteiger partial charge in [-0.2, -0.15) is 0 Å². The molecule has 1 heterocycles. The number of β-lactam (4-membered cyclic amide) rings is 1. The van der Waals surface area contributed by atoms with Gasteiger partial charge in [0.1, 0.15) is 11.7 Å². The highest BCUT2D eigenvalue weighted by molar-refractivity contribution is 6.23. The van der Waals surface area contributed by atoms with Gasteiger partial charge in [0.25, 0.3) is 5.54 Å². The molecule has 0 spiro atoms. The number of nitrogens with one attached hydrogen (secondary N) is 1. The summed E-state index contributed by atoms with van der Waals surface area (Å²) in [5, 5.41) is 19.0. The molecule has 0 aromatic carbocycles. The first-order valence-corrected chi connectivity index (χ1v) is 3.63. The van der Waals surface area contributed by atoms with E-state index >= 15 is 0 Å². The summed E-state index contributed by atoms with van der Waals surface area (Å²) in [6.07, 6.45) is 0. The second-order valence-electron chi connectivity index (χ2n) is 2.95. The third kappa shape index (κ3) is 0.983. The first-order chi connectivity index (χ1) is 6.34. The van der Waals surface area contributed by atoms with Crippen LogP contribution in [0.25, 0.3) is 0 Å². The Hall–Kier alpha value is -1.92. The summed E-state index contributed by atoms with van der Waals surface area (Å²) in [5.74, 6) is -6.78. The van der Waals surface area contributed by atoms with Gasteiger partial charge in [-0.3, -0.25) is 9.59 Å². The topological polar surface area (TPSA) is 121 Å². The van der Waals surface area contributed by atoms with Gasteiger partial charge < -0.3 is 15.5 Å². The van der Waals surface area contributed by atoms with E-state index in [0.717, 1.165) is 6.92 Å². The number of hydrogen-bond acceptors (Lipinski definition) is 4. The fourth-order valence-corrected chi connectivity index (χ4v) is 1.39. The summed E-state index contributed by atoms with van der Waals surface area (Å²) < 4.78 is 0. The average Bonchev–Trinajstić information content (AvgIpc) is 1.96. The average molecular weight is 201 g/mol. The Labute approximate surface area is 77.7 Å². The second-order valence-corrected chi connectivity index (χ2v) is 2.95. The van der Waals surface area contributed by atoms with Gasteiger partial charge in [-0.05, 0) is 6.92 Å². The van der Waals surface area contributed by atoms with Crippen molar-refractivity contribution >= 4 is 23.6 Å². The number of Topliss-reactive ketones (excluding diaryl/α,β-unsaturated/α-hetero) is 1. The summed E-state index contributed by atoms with van der Waals surface area (Å²) in [7, 11) is 0. The number of aliphatic carboxylic acids is 2. The van der Waals surface area contributed by atoms with Crippen molar-refractivity contribution in [1.82, 2.24) is 5.32 Å². The molecule has 0 bridgehead atoms. The molecule has 1 atom stereocenters. The minimum absolute atomic E-state index is 0.779. The lowest BCUT2D eigenvalue weighted by Gasteiger charge is -2.40. The molecule has 7 heteroatoms. The van der Waals surface area contributed by atoms with Gasteiger partial charge in [0.15, 0.2) is 0 Å². The van der Waals surface area contributed by atoms with Crippen molar-refractivity contribution in [3.8, 4) is 0 Å². The van der Waals surface area contributed by atoms with E-state index in [2.05, 4.69) is 0 Å². The maximum atomic E-state index is 10.9. The summed E-state index contributed by atoms with van der Waals surface area (Å²) in [6, 6.07) is 0. The van der Waals surface area contributed by atoms with Crippen molar-refractivity contribution in [3.63, 3.8) is 0 Å². The molecular formula is C7H7NO6. The van der Waals surface area contributed by atoms with Crippen LogP contribution in [0.1, 0.15) is 6.92 Å². The Balaban J connectivity index is 3.15. The van der Waals surface area contributed by atoms with Gasteiger partial charge >= 0.3 is 11.9 Å². The minimum Gasteiger partial charge on any atom is -0.479 e. The molecule has 1 amide bonds. The molecule has 1 aliphatic heterocycles. The zero-order chi connectivity index (χ0) is 11.1. The number of carboxylic acid groups (broad SMARTS) is 2. The molecule has 0 aromatic heterocycles. The van der Waals surface area contributed by atoms with Gasteiger partial charge in [0, 0.05) is 0 Å². The fourth-order valence-electron chi connectivity index (χ4n) is 1.39. The van der Waals surface area contributed by atoms with Crippen LogP contribution >= 0.6 is 0 Å². The zero-order valence-electron chi connectivity index (χ0n) is 7.10. The molecule has 1 fully saturated rings. The van der Waals surface area contributed by atoms with Gasteiger partial charge in [-0.15, -0.1) is 0 Å². The zero-order valence-corrected chi connectivity index (χ0v) is 7.10. The Kier molecular flexibility index (Phi) is 2.03. The lowest BCUT2D eigenvalue weighted by Crippen LogP contribution is -2.78. The minimum atomic E-state index is -2.48. The van der Waals surface area contributed by atoms with Crippen molar-refractivity contribution < 1.29 is 29.4 Å². The highest BCUT2D eigenvalue weighted by atomic mass is 16.4. The smallest absolute Gasteiger partial charge is 0.342 e. The molecule has 7 nitrogen and oxygen atoms in total. The van der Waals surface area contributed by atoms with Gasteiger partial charge in [0.05, 0.1) is 0 Å². The highest BCUT2D eigenvalue weighted by Crippen LogP contribution is 2.29. The van der Waals surface area contributed by atoms with Gasteiger partial charge in [-0.25, -0.2) is 9.59 Å². The van der Waals surface area contributed by atoms with Crippen LogP contribution in [0.2, 0.25) is 0 Å². The van der Waals surface area contributed by atoms with Crippen molar-refractivity contribution in [3.05, 3.63) is 0 Å². The molecule has 76 valence electrons. The summed E-state index contributed by atoms with van der Waals surface area (Å²) in [4.78, 5) is 43.0. The maximum absolute atomic E-state index is 10.9. The number of hydrogen-bond donors (Lipinski definition) is 3. The van der Waals surface area contributed by atoms with Crippen LogP contribution in [-0.2, 0) is 19.2 Å². The summed E-state index contributed by atoms with van der Waals surface area (Å²) in [6.45, 7) is 0.976. The highest BCUT2D eigenvalue weighted by Gasteiger charge is 2.67. The van der Waals surface area contributed by atoms with E-state index in [1.807, 2.05) is 0 Å². The molecule has 3 N–H and O–H groups in total. The molecule has 0 aromatic rings. The maximum Gasteiger partial charge on any atom is 0.342 e. The number of ketones is 1. The number of amides is 1. The summed E-state index contributed by atoms with van der Waals surface area (Å²) in [5.41, 5.74) is -2.48. The molecule has 0 saturated carbocycles. The van der Waals surface area contributed by atoms with Crippen molar-refractivity contribution in [1.29, 1.82) is 0 Å². The Morgan fingerprint density at radius 1 is 1.29 bits per heavy atom. The van der Waals surface area contributed by atoms with E-state index in [4.69, 9.17) is 10.2 Å². The molecule has 0 unspecified atom stereocenters. The van der Waals surface area contributed by atoms with E-state index < -0.39 is 35.1 Å². The van der Waals surface area contributed by atoms with Crippen LogP contribution in [0, 0.1) is 5.92 Å². The number of carbonyl (C=O) groups is 4. The Morgan fingerprint density at radius 3 is 1.86 bits per heavy atom. The molecule has 0 radical (unpaired) electrons. The van der Waals surface area contributed by atoms with Crippen LogP contribution < -0.4 is 5.32 Å². The first kappa shape index (κ1) is 10.2. The third-order valence-corrected chi connectivity index (χ3v) is 2.10. The van der Waals surface area contributed by atoms with Gasteiger partial charge in [-0.1, -0.05) is 0 Å². The van der Waals surface area contributed by atoms with E-state index in [1.165, 1.54) is 0 Å². The Morgan fingerprint density at radius 2 is 1.71 bits per heavy atom. The Bertz CT molecular complexity index is 324. The molecule has 1 rings (SSSR count).